The first-order valence-electron chi connectivity index (χ1n) is 13.7. The Bertz CT molecular complexity index is 1430. The van der Waals surface area contributed by atoms with E-state index in [0.717, 1.165) is 16.3 Å². The Morgan fingerprint density at radius 2 is 1.59 bits per heavy atom. The van der Waals surface area contributed by atoms with Gasteiger partial charge >= 0.3 is 0 Å². The molecule has 3 aromatic rings. The third-order valence-electron chi connectivity index (χ3n) is 6.67. The third-order valence-corrected chi connectivity index (χ3v) is 9.04. The predicted molar refractivity (Wildman–Crippen MR) is 166 cm³/mol. The van der Waals surface area contributed by atoms with E-state index >= 15 is 0 Å². The first-order chi connectivity index (χ1) is 19.5. The molecule has 0 fully saturated rings. The summed E-state index contributed by atoms with van der Waals surface area (Å²) in [4.78, 5) is 28.9. The van der Waals surface area contributed by atoms with E-state index in [-0.39, 0.29) is 23.3 Å². The molecule has 2 amide bonds. The summed E-state index contributed by atoms with van der Waals surface area (Å²) in [6, 6.07) is 19.1. The van der Waals surface area contributed by atoms with E-state index in [1.807, 2.05) is 39.8 Å². The number of carbonyl (C=O) groups is 2. The minimum absolute atomic E-state index is 0.00353. The van der Waals surface area contributed by atoms with Crippen LogP contribution in [0, 0.1) is 5.92 Å². The van der Waals surface area contributed by atoms with E-state index in [9.17, 15) is 18.0 Å². The molecule has 7 nitrogen and oxygen atoms in total. The number of nitrogens with zero attached hydrogens (tertiary/aromatic N) is 2. The van der Waals surface area contributed by atoms with Crippen molar-refractivity contribution in [3.05, 3.63) is 94.0 Å². The van der Waals surface area contributed by atoms with Gasteiger partial charge in [-0.2, -0.15) is 0 Å². The van der Waals surface area contributed by atoms with Gasteiger partial charge in [-0.25, -0.2) is 8.42 Å². The summed E-state index contributed by atoms with van der Waals surface area (Å²) < 4.78 is 28.9. The quantitative estimate of drug-likeness (QED) is 0.243. The Morgan fingerprint density at radius 1 is 0.927 bits per heavy atom. The molecule has 0 aromatic heterocycles. The van der Waals surface area contributed by atoms with Gasteiger partial charge < -0.3 is 10.2 Å². The van der Waals surface area contributed by atoms with Gasteiger partial charge in [0.05, 0.1) is 10.6 Å². The van der Waals surface area contributed by atoms with Crippen molar-refractivity contribution in [2.45, 2.75) is 58.0 Å². The van der Waals surface area contributed by atoms with Crippen molar-refractivity contribution in [3.8, 4) is 0 Å². The fourth-order valence-electron chi connectivity index (χ4n) is 4.32. The van der Waals surface area contributed by atoms with Crippen LogP contribution in [-0.4, -0.2) is 44.3 Å². The molecule has 0 aliphatic rings. The lowest BCUT2D eigenvalue weighted by Gasteiger charge is -2.33. The van der Waals surface area contributed by atoms with E-state index < -0.39 is 28.5 Å². The van der Waals surface area contributed by atoms with E-state index in [2.05, 4.69) is 5.32 Å². The van der Waals surface area contributed by atoms with Gasteiger partial charge in [-0.15, -0.1) is 0 Å². The van der Waals surface area contributed by atoms with Crippen LogP contribution in [0.15, 0.2) is 77.7 Å². The van der Waals surface area contributed by atoms with Crippen molar-refractivity contribution in [3.63, 3.8) is 0 Å². The SMILES string of the molecule is CCc1ccc(N(CC(=O)N(Cc2ccc(Cl)cc2Cl)[C@@H](CC)C(=O)NCC(C)C)S(=O)(=O)c2ccccc2)cc1. The summed E-state index contributed by atoms with van der Waals surface area (Å²) in [5, 5.41) is 3.70. The maximum absolute atomic E-state index is 14.1. The largest absolute Gasteiger partial charge is 0.354 e. The second-order valence-electron chi connectivity index (χ2n) is 10.2. The number of sulfonamides is 1. The summed E-state index contributed by atoms with van der Waals surface area (Å²) >= 11 is 12.6. The van der Waals surface area contributed by atoms with Crippen LogP contribution >= 0.6 is 23.2 Å². The average molecular weight is 619 g/mol. The molecule has 0 aliphatic carbocycles. The van der Waals surface area contributed by atoms with Crippen molar-refractivity contribution in [2.24, 2.45) is 5.92 Å². The molecule has 3 rings (SSSR count). The summed E-state index contributed by atoms with van der Waals surface area (Å²) in [5.74, 6) is -0.644. The van der Waals surface area contributed by atoms with Gasteiger partial charge in [-0.3, -0.25) is 13.9 Å². The van der Waals surface area contributed by atoms with Crippen molar-refractivity contribution in [1.82, 2.24) is 10.2 Å². The number of benzene rings is 3. The van der Waals surface area contributed by atoms with Crippen LogP contribution < -0.4 is 9.62 Å². The number of aryl methyl sites for hydroxylation is 1. The summed E-state index contributed by atoms with van der Waals surface area (Å²) in [6.45, 7) is 7.70. The zero-order valence-corrected chi connectivity index (χ0v) is 26.1. The second kappa shape index (κ2) is 14.7. The number of hydrogen-bond donors (Lipinski definition) is 1. The highest BCUT2D eigenvalue weighted by Crippen LogP contribution is 2.27. The highest BCUT2D eigenvalue weighted by molar-refractivity contribution is 7.92. The van der Waals surface area contributed by atoms with Crippen molar-refractivity contribution < 1.29 is 18.0 Å². The van der Waals surface area contributed by atoms with Crippen LogP contribution in [-0.2, 0) is 32.6 Å². The molecule has 0 bridgehead atoms. The van der Waals surface area contributed by atoms with Crippen LogP contribution in [0.2, 0.25) is 10.0 Å². The van der Waals surface area contributed by atoms with Gasteiger partial charge in [0, 0.05) is 23.1 Å². The molecule has 1 N–H and O–H groups in total. The lowest BCUT2D eigenvalue weighted by Crippen LogP contribution is -2.52. The van der Waals surface area contributed by atoms with Gasteiger partial charge in [-0.05, 0) is 66.3 Å². The van der Waals surface area contributed by atoms with Gasteiger partial charge in [0.2, 0.25) is 11.8 Å². The van der Waals surface area contributed by atoms with E-state index in [1.54, 1.807) is 48.5 Å². The summed E-state index contributed by atoms with van der Waals surface area (Å²) in [6.07, 6.45) is 1.10. The van der Waals surface area contributed by atoms with Crippen molar-refractivity contribution in [2.75, 3.05) is 17.4 Å². The number of carbonyl (C=O) groups excluding carboxylic acids is 2. The molecule has 41 heavy (non-hydrogen) atoms. The molecule has 0 unspecified atom stereocenters. The first-order valence-corrected chi connectivity index (χ1v) is 15.8. The molecular weight excluding hydrogens is 581 g/mol. The minimum Gasteiger partial charge on any atom is -0.354 e. The smallest absolute Gasteiger partial charge is 0.264 e. The molecule has 3 aromatic carbocycles. The zero-order valence-electron chi connectivity index (χ0n) is 23.8. The minimum atomic E-state index is -4.12. The van der Waals surface area contributed by atoms with E-state index in [4.69, 9.17) is 23.2 Å². The van der Waals surface area contributed by atoms with Crippen molar-refractivity contribution >= 4 is 50.7 Å². The molecule has 1 atom stereocenters. The van der Waals surface area contributed by atoms with Crippen LogP contribution in [0.25, 0.3) is 0 Å². The highest BCUT2D eigenvalue weighted by atomic mass is 35.5. The van der Waals surface area contributed by atoms with Crippen LogP contribution in [0.1, 0.15) is 45.2 Å². The number of rotatable bonds is 13. The van der Waals surface area contributed by atoms with Gasteiger partial charge in [0.15, 0.2) is 0 Å². The Labute approximate surface area is 253 Å². The average Bonchev–Trinajstić information content (AvgIpc) is 2.96. The highest BCUT2D eigenvalue weighted by Gasteiger charge is 2.34. The van der Waals surface area contributed by atoms with Crippen molar-refractivity contribution in [1.29, 1.82) is 0 Å². The van der Waals surface area contributed by atoms with Crippen LogP contribution in [0.3, 0.4) is 0 Å². The Balaban J connectivity index is 2.06. The van der Waals surface area contributed by atoms with Gasteiger partial charge in [0.25, 0.3) is 10.0 Å². The zero-order chi connectivity index (χ0) is 30.2. The van der Waals surface area contributed by atoms with Crippen LogP contribution in [0.5, 0.6) is 0 Å². The molecule has 0 heterocycles. The number of amides is 2. The van der Waals surface area contributed by atoms with Gasteiger partial charge in [0.1, 0.15) is 12.6 Å². The fourth-order valence-corrected chi connectivity index (χ4v) is 6.23. The molecular formula is C31H37Cl2N3O4S. The normalized spacial score (nSPS) is 12.2. The monoisotopic (exact) mass is 617 g/mol. The summed E-state index contributed by atoms with van der Waals surface area (Å²) in [5.41, 5.74) is 1.97. The third kappa shape index (κ3) is 8.47. The Hall–Kier alpha value is -3.07. The van der Waals surface area contributed by atoms with Crippen LogP contribution in [0.4, 0.5) is 5.69 Å². The predicted octanol–water partition coefficient (Wildman–Crippen LogP) is 6.33. The number of halogens is 2. The molecule has 0 radical (unpaired) electrons. The standard InChI is InChI=1S/C31H37Cl2N3O4S/c1-5-23-12-16-26(17-13-23)36(41(39,40)27-10-8-7-9-11-27)21-30(37)35(20-24-14-15-25(32)18-28(24)33)29(6-2)31(38)34-19-22(3)4/h7-18,22,29H,5-6,19-21H2,1-4H3,(H,34,38)/t29-/m0/s1. The van der Waals surface area contributed by atoms with Gasteiger partial charge in [-0.1, -0.05) is 87.3 Å². The molecule has 0 spiro atoms. The van der Waals surface area contributed by atoms with E-state index in [1.165, 1.54) is 17.0 Å². The lowest BCUT2D eigenvalue weighted by molar-refractivity contribution is -0.140. The number of anilines is 1. The maximum atomic E-state index is 14.1. The first kappa shape index (κ1) is 32.4. The topological polar surface area (TPSA) is 86.8 Å². The fraction of sp³-hybridized carbons (Fsp3) is 0.355. The lowest BCUT2D eigenvalue weighted by atomic mass is 10.1. The molecule has 0 aliphatic heterocycles. The number of nitrogens with one attached hydrogen (secondary N) is 1. The Kier molecular flexibility index (Phi) is 11.6. The maximum Gasteiger partial charge on any atom is 0.264 e. The summed E-state index contributed by atoms with van der Waals surface area (Å²) in [7, 11) is -4.12. The van der Waals surface area contributed by atoms with E-state index in [0.29, 0.717) is 34.3 Å². The Morgan fingerprint density at radius 3 is 2.15 bits per heavy atom. The molecule has 0 saturated carbocycles. The molecule has 0 saturated heterocycles. The molecule has 220 valence electrons. The second-order valence-corrected chi connectivity index (χ2v) is 12.9. The molecule has 10 heteroatoms. The number of hydrogen-bond acceptors (Lipinski definition) is 4.